The van der Waals surface area contributed by atoms with Gasteiger partial charge in [0.05, 0.1) is 12.6 Å². The standard InChI is InChI=1S/C10H19NO5S/c1-3-17-10-7(11-5(2)13)9(15)8(14)6(4-12)16-10/h6-10,12,14-15H,3-4H2,1-2H3,(H,11,13)/t6?,7?,8-,9?,10-/m0/s1. The van der Waals surface area contributed by atoms with E-state index < -0.39 is 29.8 Å². The highest BCUT2D eigenvalue weighted by molar-refractivity contribution is 7.99. The van der Waals surface area contributed by atoms with E-state index in [2.05, 4.69) is 5.32 Å². The van der Waals surface area contributed by atoms with Crippen LogP contribution in [-0.4, -0.2) is 63.4 Å². The molecule has 7 heteroatoms. The first-order valence-corrected chi connectivity index (χ1v) is 6.57. The highest BCUT2D eigenvalue weighted by Crippen LogP contribution is 2.28. The third-order valence-corrected chi connectivity index (χ3v) is 3.65. The van der Waals surface area contributed by atoms with Crippen LogP contribution in [0.3, 0.4) is 0 Å². The summed E-state index contributed by atoms with van der Waals surface area (Å²) in [6.07, 6.45) is -3.17. The molecular weight excluding hydrogens is 246 g/mol. The molecule has 1 heterocycles. The van der Waals surface area contributed by atoms with Gasteiger partial charge in [0.2, 0.25) is 5.91 Å². The van der Waals surface area contributed by atoms with E-state index in [4.69, 9.17) is 9.84 Å². The second-order valence-electron chi connectivity index (χ2n) is 3.89. The number of aliphatic hydroxyl groups is 3. The smallest absolute Gasteiger partial charge is 0.217 e. The molecule has 0 saturated carbocycles. The predicted molar refractivity (Wildman–Crippen MR) is 63.5 cm³/mol. The minimum absolute atomic E-state index is 0.297. The second-order valence-corrected chi connectivity index (χ2v) is 5.26. The summed E-state index contributed by atoms with van der Waals surface area (Å²) in [5.74, 6) is 0.441. The Bertz CT molecular complexity index is 265. The van der Waals surface area contributed by atoms with Crippen molar-refractivity contribution in [2.75, 3.05) is 12.4 Å². The summed E-state index contributed by atoms with van der Waals surface area (Å²) in [7, 11) is 0. The summed E-state index contributed by atoms with van der Waals surface area (Å²) in [4.78, 5) is 11.0. The molecule has 0 aliphatic carbocycles. The molecule has 1 fully saturated rings. The maximum Gasteiger partial charge on any atom is 0.217 e. The summed E-state index contributed by atoms with van der Waals surface area (Å²) < 4.78 is 5.46. The molecule has 0 aromatic carbocycles. The van der Waals surface area contributed by atoms with Crippen LogP contribution < -0.4 is 5.32 Å². The van der Waals surface area contributed by atoms with Crippen molar-refractivity contribution in [3.8, 4) is 0 Å². The van der Waals surface area contributed by atoms with Crippen LogP contribution in [-0.2, 0) is 9.53 Å². The van der Waals surface area contributed by atoms with Crippen molar-refractivity contribution in [1.29, 1.82) is 0 Å². The van der Waals surface area contributed by atoms with Crippen LogP contribution in [0.2, 0.25) is 0 Å². The molecule has 17 heavy (non-hydrogen) atoms. The van der Waals surface area contributed by atoms with Crippen LogP contribution in [0.25, 0.3) is 0 Å². The van der Waals surface area contributed by atoms with Gasteiger partial charge in [-0.05, 0) is 5.75 Å². The third-order valence-electron chi connectivity index (χ3n) is 2.58. The number of ether oxygens (including phenoxy) is 1. The zero-order valence-corrected chi connectivity index (χ0v) is 10.7. The summed E-state index contributed by atoms with van der Waals surface area (Å²) in [5, 5.41) is 31.2. The summed E-state index contributed by atoms with van der Waals surface area (Å²) >= 11 is 1.41. The van der Waals surface area contributed by atoms with E-state index in [1.807, 2.05) is 6.92 Å². The van der Waals surface area contributed by atoms with Crippen molar-refractivity contribution in [3.63, 3.8) is 0 Å². The Labute approximate surface area is 104 Å². The van der Waals surface area contributed by atoms with Gasteiger partial charge in [0.25, 0.3) is 0 Å². The zero-order chi connectivity index (χ0) is 13.0. The van der Waals surface area contributed by atoms with Crippen molar-refractivity contribution >= 4 is 17.7 Å². The monoisotopic (exact) mass is 265 g/mol. The van der Waals surface area contributed by atoms with Crippen molar-refractivity contribution in [1.82, 2.24) is 5.32 Å². The third kappa shape index (κ3) is 3.56. The van der Waals surface area contributed by atoms with Gasteiger partial charge in [0.15, 0.2) is 0 Å². The molecule has 100 valence electrons. The number of hydrogen-bond acceptors (Lipinski definition) is 6. The molecule has 1 amide bonds. The lowest BCUT2D eigenvalue weighted by molar-refractivity contribution is -0.173. The maximum absolute atomic E-state index is 11.0. The number of amides is 1. The second kappa shape index (κ2) is 6.55. The number of carbonyl (C=O) groups excluding carboxylic acids is 1. The highest BCUT2D eigenvalue weighted by atomic mass is 32.2. The molecule has 3 unspecified atom stereocenters. The van der Waals surface area contributed by atoms with Gasteiger partial charge in [-0.2, -0.15) is 0 Å². The maximum atomic E-state index is 11.0. The molecule has 0 aromatic rings. The number of carbonyl (C=O) groups is 1. The minimum Gasteiger partial charge on any atom is -0.394 e. The molecule has 0 spiro atoms. The van der Waals surface area contributed by atoms with Gasteiger partial charge in [-0.15, -0.1) is 11.8 Å². The summed E-state index contributed by atoms with van der Waals surface area (Å²) in [5.41, 5.74) is -0.473. The molecule has 4 N–H and O–H groups in total. The first kappa shape index (κ1) is 14.7. The van der Waals surface area contributed by atoms with Crippen molar-refractivity contribution in [3.05, 3.63) is 0 Å². The molecular formula is C10H19NO5S. The lowest BCUT2D eigenvalue weighted by Crippen LogP contribution is -2.63. The lowest BCUT2D eigenvalue weighted by atomic mass is 9.98. The van der Waals surface area contributed by atoms with Gasteiger partial charge in [0, 0.05) is 6.92 Å². The van der Waals surface area contributed by atoms with Crippen LogP contribution in [0.15, 0.2) is 0 Å². The van der Waals surface area contributed by atoms with Gasteiger partial charge >= 0.3 is 0 Å². The Morgan fingerprint density at radius 3 is 2.53 bits per heavy atom. The Kier molecular flexibility index (Phi) is 5.68. The Morgan fingerprint density at radius 1 is 1.41 bits per heavy atom. The number of nitrogens with one attached hydrogen (secondary N) is 1. The SMILES string of the molecule is CCS[C@@H]1OC(CO)[C@H](O)C(O)C1NC(C)=O. The van der Waals surface area contributed by atoms with Crippen LogP contribution in [0.5, 0.6) is 0 Å². The molecule has 6 nitrogen and oxygen atoms in total. The minimum atomic E-state index is -1.20. The van der Waals surface area contributed by atoms with E-state index in [9.17, 15) is 15.0 Å². The van der Waals surface area contributed by atoms with E-state index in [0.29, 0.717) is 0 Å². The topological polar surface area (TPSA) is 99.0 Å². The van der Waals surface area contributed by atoms with Crippen molar-refractivity contribution < 1.29 is 24.9 Å². The first-order chi connectivity index (χ1) is 8.01. The fraction of sp³-hybridized carbons (Fsp3) is 0.900. The summed E-state index contributed by atoms with van der Waals surface area (Å²) in [6.45, 7) is 2.89. The highest BCUT2D eigenvalue weighted by Gasteiger charge is 2.44. The van der Waals surface area contributed by atoms with E-state index >= 15 is 0 Å². The zero-order valence-electron chi connectivity index (χ0n) is 9.87. The van der Waals surface area contributed by atoms with Crippen molar-refractivity contribution in [2.45, 2.75) is 43.6 Å². The molecule has 1 aliphatic heterocycles. The number of thioether (sulfide) groups is 1. The van der Waals surface area contributed by atoms with Crippen LogP contribution in [0.1, 0.15) is 13.8 Å². The number of hydrogen-bond donors (Lipinski definition) is 4. The predicted octanol–water partition coefficient (Wildman–Crippen LogP) is -1.32. The van der Waals surface area contributed by atoms with Crippen LogP contribution in [0, 0.1) is 0 Å². The molecule has 1 aliphatic rings. The Morgan fingerprint density at radius 2 is 2.06 bits per heavy atom. The van der Waals surface area contributed by atoms with E-state index in [-0.39, 0.29) is 12.5 Å². The normalized spacial score (nSPS) is 37.8. The Balaban J connectivity index is 2.78. The molecule has 5 atom stereocenters. The number of aliphatic hydroxyl groups excluding tert-OH is 3. The molecule has 1 rings (SSSR count). The largest absolute Gasteiger partial charge is 0.394 e. The van der Waals surface area contributed by atoms with Crippen molar-refractivity contribution in [2.24, 2.45) is 0 Å². The van der Waals surface area contributed by atoms with Crippen LogP contribution >= 0.6 is 11.8 Å². The van der Waals surface area contributed by atoms with Gasteiger partial charge in [-0.3, -0.25) is 4.79 Å². The fourth-order valence-electron chi connectivity index (χ4n) is 1.78. The molecule has 0 bridgehead atoms. The lowest BCUT2D eigenvalue weighted by Gasteiger charge is -2.42. The van der Waals surface area contributed by atoms with E-state index in [1.165, 1.54) is 18.7 Å². The quantitative estimate of drug-likeness (QED) is 0.503. The molecule has 0 radical (unpaired) electrons. The van der Waals surface area contributed by atoms with E-state index in [0.717, 1.165) is 5.75 Å². The van der Waals surface area contributed by atoms with Gasteiger partial charge < -0.3 is 25.4 Å². The first-order valence-electron chi connectivity index (χ1n) is 5.52. The average molecular weight is 265 g/mol. The summed E-state index contributed by atoms with van der Waals surface area (Å²) in [6, 6.07) is -0.671. The number of rotatable bonds is 4. The average Bonchev–Trinajstić information content (AvgIpc) is 2.28. The molecule has 0 aromatic heterocycles. The van der Waals surface area contributed by atoms with E-state index in [1.54, 1.807) is 0 Å². The fourth-order valence-corrected chi connectivity index (χ4v) is 2.76. The Hall–Kier alpha value is -0.340. The van der Waals surface area contributed by atoms with Gasteiger partial charge in [0.1, 0.15) is 23.7 Å². The van der Waals surface area contributed by atoms with Gasteiger partial charge in [-0.1, -0.05) is 6.92 Å². The van der Waals surface area contributed by atoms with Gasteiger partial charge in [-0.25, -0.2) is 0 Å². The van der Waals surface area contributed by atoms with Crippen LogP contribution in [0.4, 0.5) is 0 Å². The molecule has 1 saturated heterocycles.